The van der Waals surface area contributed by atoms with Crippen LogP contribution in [0.2, 0.25) is 0 Å². The number of thiazole rings is 1. The minimum atomic E-state index is -0.506. The number of hydrogen-bond acceptors (Lipinski definition) is 4. The highest BCUT2D eigenvalue weighted by Gasteiger charge is 2.10. The molecule has 0 spiro atoms. The SMILES string of the molecule is CC(C)c1nc2ccc(NC(=O)[C@@H](C)N)cc2s1.Cl. The molecule has 0 bridgehead atoms. The molecule has 6 heteroatoms. The zero-order valence-electron chi connectivity index (χ0n) is 11.1. The third-order valence-electron chi connectivity index (χ3n) is 2.58. The van der Waals surface area contributed by atoms with Gasteiger partial charge in [0.25, 0.3) is 0 Å². The molecule has 1 atom stereocenters. The molecule has 19 heavy (non-hydrogen) atoms. The lowest BCUT2D eigenvalue weighted by atomic mass is 10.2. The van der Waals surface area contributed by atoms with Crippen LogP contribution >= 0.6 is 23.7 Å². The number of benzene rings is 1. The lowest BCUT2D eigenvalue weighted by molar-refractivity contribution is -0.117. The average molecular weight is 300 g/mol. The molecule has 2 rings (SSSR count). The molecule has 0 saturated carbocycles. The number of rotatable bonds is 3. The van der Waals surface area contributed by atoms with E-state index in [2.05, 4.69) is 24.1 Å². The summed E-state index contributed by atoms with van der Waals surface area (Å²) in [6.45, 7) is 5.91. The zero-order valence-corrected chi connectivity index (χ0v) is 12.8. The zero-order chi connectivity index (χ0) is 13.3. The Morgan fingerprint density at radius 2 is 2.05 bits per heavy atom. The third-order valence-corrected chi connectivity index (χ3v) is 3.90. The molecule has 0 saturated heterocycles. The number of nitrogens with one attached hydrogen (secondary N) is 1. The second kappa shape index (κ2) is 6.32. The van der Waals surface area contributed by atoms with E-state index in [0.29, 0.717) is 5.92 Å². The summed E-state index contributed by atoms with van der Waals surface area (Å²) in [5, 5.41) is 3.90. The van der Waals surface area contributed by atoms with E-state index in [4.69, 9.17) is 5.73 Å². The van der Waals surface area contributed by atoms with Crippen LogP contribution in [0.5, 0.6) is 0 Å². The van der Waals surface area contributed by atoms with Crippen LogP contribution in [0.1, 0.15) is 31.7 Å². The van der Waals surface area contributed by atoms with Gasteiger partial charge in [0, 0.05) is 11.6 Å². The maximum atomic E-state index is 11.5. The normalized spacial score (nSPS) is 12.3. The maximum Gasteiger partial charge on any atom is 0.240 e. The van der Waals surface area contributed by atoms with Gasteiger partial charge in [-0.05, 0) is 25.1 Å². The lowest BCUT2D eigenvalue weighted by Gasteiger charge is -2.07. The van der Waals surface area contributed by atoms with Crippen LogP contribution in [0.15, 0.2) is 18.2 Å². The molecule has 0 aliphatic rings. The van der Waals surface area contributed by atoms with Gasteiger partial charge in [0.1, 0.15) is 0 Å². The van der Waals surface area contributed by atoms with Crippen molar-refractivity contribution in [3.8, 4) is 0 Å². The smallest absolute Gasteiger partial charge is 0.240 e. The molecule has 1 amide bonds. The van der Waals surface area contributed by atoms with Crippen molar-refractivity contribution >= 4 is 45.6 Å². The van der Waals surface area contributed by atoms with E-state index in [1.165, 1.54) is 0 Å². The van der Waals surface area contributed by atoms with Gasteiger partial charge in [-0.2, -0.15) is 0 Å². The number of nitrogens with two attached hydrogens (primary N) is 1. The molecule has 0 radical (unpaired) electrons. The van der Waals surface area contributed by atoms with E-state index in [1.807, 2.05) is 18.2 Å². The fourth-order valence-electron chi connectivity index (χ4n) is 1.52. The number of nitrogens with zero attached hydrogens (tertiary/aromatic N) is 1. The minimum Gasteiger partial charge on any atom is -0.325 e. The predicted molar refractivity (Wildman–Crippen MR) is 83.2 cm³/mol. The Labute approximate surface area is 122 Å². The first-order chi connectivity index (χ1) is 8.47. The van der Waals surface area contributed by atoms with E-state index in [1.54, 1.807) is 18.3 Å². The van der Waals surface area contributed by atoms with Crippen LogP contribution in [0.3, 0.4) is 0 Å². The van der Waals surface area contributed by atoms with Gasteiger partial charge in [0.15, 0.2) is 0 Å². The Balaban J connectivity index is 0.00000180. The van der Waals surface area contributed by atoms with Crippen LogP contribution in [0, 0.1) is 0 Å². The molecule has 1 aromatic heterocycles. The number of amides is 1. The fourth-order valence-corrected chi connectivity index (χ4v) is 2.53. The first-order valence-electron chi connectivity index (χ1n) is 5.94. The van der Waals surface area contributed by atoms with Crippen LogP contribution in [-0.4, -0.2) is 16.9 Å². The van der Waals surface area contributed by atoms with Crippen molar-refractivity contribution in [2.45, 2.75) is 32.7 Å². The van der Waals surface area contributed by atoms with E-state index in [9.17, 15) is 4.79 Å². The van der Waals surface area contributed by atoms with Gasteiger partial charge in [-0.15, -0.1) is 23.7 Å². The summed E-state index contributed by atoms with van der Waals surface area (Å²) in [6, 6.07) is 5.22. The summed E-state index contributed by atoms with van der Waals surface area (Å²) in [6.07, 6.45) is 0. The van der Waals surface area contributed by atoms with Crippen molar-refractivity contribution in [3.05, 3.63) is 23.2 Å². The predicted octanol–water partition coefficient (Wildman–Crippen LogP) is 3.13. The quantitative estimate of drug-likeness (QED) is 0.915. The Hall–Kier alpha value is -1.17. The first kappa shape index (κ1) is 15.9. The van der Waals surface area contributed by atoms with E-state index >= 15 is 0 Å². The number of carbonyl (C=O) groups is 1. The number of carbonyl (C=O) groups excluding carboxylic acids is 1. The van der Waals surface area contributed by atoms with Crippen LogP contribution in [0.4, 0.5) is 5.69 Å². The van der Waals surface area contributed by atoms with Crippen LogP contribution in [-0.2, 0) is 4.79 Å². The molecule has 1 heterocycles. The summed E-state index contributed by atoms with van der Waals surface area (Å²) in [4.78, 5) is 16.1. The number of fused-ring (bicyclic) bond motifs is 1. The number of hydrogen-bond donors (Lipinski definition) is 2. The Bertz CT molecular complexity index is 580. The van der Waals surface area contributed by atoms with Crippen molar-refractivity contribution in [1.29, 1.82) is 0 Å². The molecule has 0 aliphatic carbocycles. The molecule has 3 N–H and O–H groups in total. The molecule has 0 unspecified atom stereocenters. The lowest BCUT2D eigenvalue weighted by Crippen LogP contribution is -2.32. The second-order valence-corrected chi connectivity index (χ2v) is 5.73. The van der Waals surface area contributed by atoms with E-state index in [0.717, 1.165) is 20.9 Å². The number of anilines is 1. The molecule has 4 nitrogen and oxygen atoms in total. The Morgan fingerprint density at radius 1 is 1.37 bits per heavy atom. The van der Waals surface area contributed by atoms with Crippen molar-refractivity contribution in [2.24, 2.45) is 5.73 Å². The molecule has 104 valence electrons. The van der Waals surface area contributed by atoms with Gasteiger partial charge >= 0.3 is 0 Å². The van der Waals surface area contributed by atoms with Crippen LogP contribution in [0.25, 0.3) is 10.2 Å². The fraction of sp³-hybridized carbons (Fsp3) is 0.385. The summed E-state index contributed by atoms with van der Waals surface area (Å²) in [5.74, 6) is 0.243. The van der Waals surface area contributed by atoms with Gasteiger partial charge in [-0.3, -0.25) is 4.79 Å². The van der Waals surface area contributed by atoms with Gasteiger partial charge in [0.2, 0.25) is 5.91 Å². The van der Waals surface area contributed by atoms with Crippen molar-refractivity contribution in [2.75, 3.05) is 5.32 Å². The maximum absolute atomic E-state index is 11.5. The number of halogens is 1. The molecular weight excluding hydrogens is 282 g/mol. The topological polar surface area (TPSA) is 68.0 Å². The Morgan fingerprint density at radius 3 is 2.63 bits per heavy atom. The van der Waals surface area contributed by atoms with Gasteiger partial charge < -0.3 is 11.1 Å². The molecule has 0 fully saturated rings. The van der Waals surface area contributed by atoms with Gasteiger partial charge in [0.05, 0.1) is 21.3 Å². The van der Waals surface area contributed by atoms with E-state index in [-0.39, 0.29) is 18.3 Å². The van der Waals surface area contributed by atoms with Crippen LogP contribution < -0.4 is 11.1 Å². The largest absolute Gasteiger partial charge is 0.325 e. The molecule has 1 aromatic carbocycles. The summed E-state index contributed by atoms with van der Waals surface area (Å²) >= 11 is 1.66. The summed E-state index contributed by atoms with van der Waals surface area (Å²) in [7, 11) is 0. The minimum absolute atomic E-state index is 0. The summed E-state index contributed by atoms with van der Waals surface area (Å²) < 4.78 is 1.08. The second-order valence-electron chi connectivity index (χ2n) is 4.67. The number of aromatic nitrogens is 1. The van der Waals surface area contributed by atoms with Gasteiger partial charge in [-0.25, -0.2) is 4.98 Å². The van der Waals surface area contributed by atoms with Crippen molar-refractivity contribution in [3.63, 3.8) is 0 Å². The monoisotopic (exact) mass is 299 g/mol. The molecular formula is C13H18ClN3OS. The summed E-state index contributed by atoms with van der Waals surface area (Å²) in [5.41, 5.74) is 7.26. The van der Waals surface area contributed by atoms with Gasteiger partial charge in [-0.1, -0.05) is 13.8 Å². The highest BCUT2D eigenvalue weighted by Crippen LogP contribution is 2.29. The standard InChI is InChI=1S/C13H17N3OS.ClH/c1-7(2)13-16-10-5-4-9(6-11(10)18-13)15-12(17)8(3)14;/h4-8H,14H2,1-3H3,(H,15,17);1H/t8-;/m1./s1. The van der Waals surface area contributed by atoms with Crippen molar-refractivity contribution < 1.29 is 4.79 Å². The highest BCUT2D eigenvalue weighted by molar-refractivity contribution is 7.18. The molecule has 2 aromatic rings. The van der Waals surface area contributed by atoms with E-state index < -0.39 is 6.04 Å². The highest BCUT2D eigenvalue weighted by atomic mass is 35.5. The Kier molecular flexibility index (Phi) is 5.29. The van der Waals surface area contributed by atoms with Crippen molar-refractivity contribution in [1.82, 2.24) is 4.98 Å². The molecule has 0 aliphatic heterocycles. The third kappa shape index (κ3) is 3.65. The first-order valence-corrected chi connectivity index (χ1v) is 6.76. The average Bonchev–Trinajstić information content (AvgIpc) is 2.71.